The van der Waals surface area contributed by atoms with Gasteiger partial charge in [-0.3, -0.25) is 0 Å². The fourth-order valence-electron chi connectivity index (χ4n) is 2.27. The van der Waals surface area contributed by atoms with Gasteiger partial charge >= 0.3 is 11.9 Å². The summed E-state index contributed by atoms with van der Waals surface area (Å²) < 4.78 is 36.7. The lowest BCUT2D eigenvalue weighted by Crippen LogP contribution is -2.17. The Morgan fingerprint density at radius 3 is 1.85 bits per heavy atom. The van der Waals surface area contributed by atoms with Gasteiger partial charge < -0.3 is 9.47 Å². The Labute approximate surface area is 157 Å². The second kappa shape index (κ2) is 7.97. The molecule has 0 saturated heterocycles. The SMILES string of the molecule is O=C(Oc1cc(F)cc(F)c1)c1ccccc1C(=O)Oc1ccccc1Cl. The van der Waals surface area contributed by atoms with Gasteiger partial charge in [0, 0.05) is 18.2 Å². The number of carbonyl (C=O) groups is 2. The molecule has 0 atom stereocenters. The number of esters is 2. The maximum Gasteiger partial charge on any atom is 0.344 e. The first-order chi connectivity index (χ1) is 12.9. The first-order valence-corrected chi connectivity index (χ1v) is 8.06. The Balaban J connectivity index is 1.85. The van der Waals surface area contributed by atoms with Crippen molar-refractivity contribution in [2.24, 2.45) is 0 Å². The van der Waals surface area contributed by atoms with Crippen LogP contribution in [0.25, 0.3) is 0 Å². The number of para-hydroxylation sites is 1. The van der Waals surface area contributed by atoms with Crippen LogP contribution in [-0.2, 0) is 0 Å². The first-order valence-electron chi connectivity index (χ1n) is 7.68. The van der Waals surface area contributed by atoms with Crippen LogP contribution in [-0.4, -0.2) is 11.9 Å². The summed E-state index contributed by atoms with van der Waals surface area (Å²) in [6.07, 6.45) is 0. The zero-order chi connectivity index (χ0) is 19.4. The summed E-state index contributed by atoms with van der Waals surface area (Å²) in [7, 11) is 0. The smallest absolute Gasteiger partial charge is 0.344 e. The van der Waals surface area contributed by atoms with Crippen molar-refractivity contribution in [3.8, 4) is 11.5 Å². The summed E-state index contributed by atoms with van der Waals surface area (Å²) in [6.45, 7) is 0. The molecule has 0 unspecified atom stereocenters. The van der Waals surface area contributed by atoms with E-state index in [4.69, 9.17) is 21.1 Å². The Morgan fingerprint density at radius 2 is 1.26 bits per heavy atom. The molecule has 0 aromatic heterocycles. The van der Waals surface area contributed by atoms with Crippen molar-refractivity contribution in [1.29, 1.82) is 0 Å². The molecule has 0 aliphatic heterocycles. The molecule has 3 aromatic carbocycles. The van der Waals surface area contributed by atoms with Crippen molar-refractivity contribution in [2.45, 2.75) is 0 Å². The van der Waals surface area contributed by atoms with Crippen LogP contribution in [0, 0.1) is 11.6 Å². The number of hydrogen-bond acceptors (Lipinski definition) is 4. The molecule has 0 aliphatic rings. The van der Waals surface area contributed by atoms with E-state index < -0.39 is 23.6 Å². The highest BCUT2D eigenvalue weighted by molar-refractivity contribution is 6.32. The molecule has 4 nitrogen and oxygen atoms in total. The van der Waals surface area contributed by atoms with E-state index in [0.29, 0.717) is 6.07 Å². The van der Waals surface area contributed by atoms with Crippen molar-refractivity contribution in [3.63, 3.8) is 0 Å². The number of carbonyl (C=O) groups excluding carboxylic acids is 2. The van der Waals surface area contributed by atoms with Crippen LogP contribution in [0.15, 0.2) is 66.7 Å². The molecule has 136 valence electrons. The Kier molecular flexibility index (Phi) is 5.47. The zero-order valence-corrected chi connectivity index (χ0v) is 14.4. The summed E-state index contributed by atoms with van der Waals surface area (Å²) in [5.41, 5.74) is -0.210. The van der Waals surface area contributed by atoms with Gasteiger partial charge in [-0.25, -0.2) is 18.4 Å². The van der Waals surface area contributed by atoms with Crippen LogP contribution in [0.5, 0.6) is 11.5 Å². The molecule has 0 aliphatic carbocycles. The van der Waals surface area contributed by atoms with E-state index in [1.807, 2.05) is 0 Å². The van der Waals surface area contributed by atoms with Crippen molar-refractivity contribution < 1.29 is 27.8 Å². The summed E-state index contributed by atoms with van der Waals surface area (Å²) in [4.78, 5) is 24.8. The molecule has 0 fully saturated rings. The molecule has 3 aromatic rings. The number of hydrogen-bond donors (Lipinski definition) is 0. The van der Waals surface area contributed by atoms with E-state index >= 15 is 0 Å². The van der Waals surface area contributed by atoms with E-state index in [9.17, 15) is 18.4 Å². The van der Waals surface area contributed by atoms with Gasteiger partial charge in [0.05, 0.1) is 16.1 Å². The first kappa shape index (κ1) is 18.5. The molecule has 3 rings (SSSR count). The number of ether oxygens (including phenoxy) is 2. The van der Waals surface area contributed by atoms with E-state index in [2.05, 4.69) is 0 Å². The van der Waals surface area contributed by atoms with Gasteiger partial charge in [-0.05, 0) is 24.3 Å². The Morgan fingerprint density at radius 1 is 0.741 bits per heavy atom. The van der Waals surface area contributed by atoms with Gasteiger partial charge in [0.2, 0.25) is 0 Å². The Bertz CT molecular complexity index is 1000. The monoisotopic (exact) mass is 388 g/mol. The van der Waals surface area contributed by atoms with Crippen molar-refractivity contribution in [3.05, 3.63) is 94.5 Å². The quantitative estimate of drug-likeness (QED) is 0.463. The van der Waals surface area contributed by atoms with Gasteiger partial charge in [-0.2, -0.15) is 0 Å². The molecule has 0 spiro atoms. The topological polar surface area (TPSA) is 52.6 Å². The third-order valence-electron chi connectivity index (χ3n) is 3.45. The number of rotatable bonds is 4. The molecular formula is C20H11ClF2O4. The lowest BCUT2D eigenvalue weighted by Gasteiger charge is -2.10. The predicted octanol–water partition coefficient (Wildman–Crippen LogP) is 5.06. The minimum absolute atomic E-state index is 0.0840. The van der Waals surface area contributed by atoms with Gasteiger partial charge in [0.25, 0.3) is 0 Å². The van der Waals surface area contributed by atoms with Crippen LogP contribution >= 0.6 is 11.6 Å². The summed E-state index contributed by atoms with van der Waals surface area (Å²) >= 11 is 5.96. The normalized spacial score (nSPS) is 10.3. The van der Waals surface area contributed by atoms with E-state index in [1.165, 1.54) is 30.3 Å². The molecular weight excluding hydrogens is 378 g/mol. The van der Waals surface area contributed by atoms with Gasteiger partial charge in [0.15, 0.2) is 0 Å². The second-order valence-corrected chi connectivity index (χ2v) is 5.77. The molecule has 0 N–H and O–H groups in total. The molecule has 7 heteroatoms. The standard InChI is InChI=1S/C20H11ClF2O4/c21-17-7-3-4-8-18(17)27-20(25)16-6-2-1-5-15(16)19(24)26-14-10-12(22)9-13(23)11-14/h1-11H. The molecule has 27 heavy (non-hydrogen) atoms. The average Bonchev–Trinajstić information content (AvgIpc) is 2.62. The maximum atomic E-state index is 13.3. The average molecular weight is 389 g/mol. The summed E-state index contributed by atoms with van der Waals surface area (Å²) in [5.74, 6) is -3.80. The fourth-order valence-corrected chi connectivity index (χ4v) is 2.45. The number of halogens is 3. The Hall–Kier alpha value is -3.25. The van der Waals surface area contributed by atoms with Crippen molar-refractivity contribution in [1.82, 2.24) is 0 Å². The third kappa shape index (κ3) is 4.48. The lowest BCUT2D eigenvalue weighted by molar-refractivity contribution is 0.0691. The van der Waals surface area contributed by atoms with E-state index in [-0.39, 0.29) is 27.6 Å². The largest absolute Gasteiger partial charge is 0.423 e. The van der Waals surface area contributed by atoms with E-state index in [0.717, 1.165) is 12.1 Å². The van der Waals surface area contributed by atoms with Crippen LogP contribution in [0.4, 0.5) is 8.78 Å². The second-order valence-electron chi connectivity index (χ2n) is 5.36. The molecule has 0 saturated carbocycles. The fraction of sp³-hybridized carbons (Fsp3) is 0. The van der Waals surface area contributed by atoms with Crippen LogP contribution in [0.3, 0.4) is 0 Å². The highest BCUT2D eigenvalue weighted by Crippen LogP contribution is 2.25. The van der Waals surface area contributed by atoms with Crippen LogP contribution in [0.1, 0.15) is 20.7 Å². The number of benzene rings is 3. The van der Waals surface area contributed by atoms with Crippen LogP contribution < -0.4 is 9.47 Å². The molecule has 0 heterocycles. The highest BCUT2D eigenvalue weighted by Gasteiger charge is 2.21. The van der Waals surface area contributed by atoms with Gasteiger partial charge in [0.1, 0.15) is 23.1 Å². The van der Waals surface area contributed by atoms with Crippen molar-refractivity contribution >= 4 is 23.5 Å². The molecule has 0 bridgehead atoms. The minimum atomic E-state index is -0.966. The van der Waals surface area contributed by atoms with Gasteiger partial charge in [-0.1, -0.05) is 35.9 Å². The summed E-state index contributed by atoms with van der Waals surface area (Å²) in [5, 5.41) is 0.223. The summed E-state index contributed by atoms with van der Waals surface area (Å²) in [6, 6.07) is 14.4. The van der Waals surface area contributed by atoms with E-state index in [1.54, 1.807) is 18.2 Å². The highest BCUT2D eigenvalue weighted by atomic mass is 35.5. The minimum Gasteiger partial charge on any atom is -0.423 e. The third-order valence-corrected chi connectivity index (χ3v) is 3.77. The lowest BCUT2D eigenvalue weighted by atomic mass is 10.1. The van der Waals surface area contributed by atoms with Crippen molar-refractivity contribution in [2.75, 3.05) is 0 Å². The van der Waals surface area contributed by atoms with Gasteiger partial charge in [-0.15, -0.1) is 0 Å². The van der Waals surface area contributed by atoms with Crippen LogP contribution in [0.2, 0.25) is 5.02 Å². The molecule has 0 radical (unpaired) electrons. The maximum absolute atomic E-state index is 13.3. The molecule has 0 amide bonds. The zero-order valence-electron chi connectivity index (χ0n) is 13.6. The predicted molar refractivity (Wildman–Crippen MR) is 94.2 cm³/mol.